The van der Waals surface area contributed by atoms with Gasteiger partial charge in [-0.1, -0.05) is 6.92 Å². The average molecular weight is 346 g/mol. The zero-order chi connectivity index (χ0) is 18.7. The Morgan fingerprint density at radius 3 is 2.28 bits per heavy atom. The third kappa shape index (κ3) is 3.50. The molecule has 0 aliphatic carbocycles. The largest absolute Gasteiger partial charge is 0.508 e. The lowest BCUT2D eigenvalue weighted by Gasteiger charge is -2.17. The van der Waals surface area contributed by atoms with Gasteiger partial charge in [0.15, 0.2) is 17.3 Å². The van der Waals surface area contributed by atoms with Gasteiger partial charge in [-0.2, -0.15) is 0 Å². The van der Waals surface area contributed by atoms with Crippen LogP contribution in [0.1, 0.15) is 40.7 Å². The van der Waals surface area contributed by atoms with Crippen molar-refractivity contribution in [2.24, 2.45) is 0 Å². The number of carboxylic acids is 1. The first-order valence-electron chi connectivity index (χ1n) is 7.50. The summed E-state index contributed by atoms with van der Waals surface area (Å²) < 4.78 is 4.91. The van der Waals surface area contributed by atoms with Crippen LogP contribution in [0.3, 0.4) is 0 Å². The van der Waals surface area contributed by atoms with Crippen molar-refractivity contribution in [3.8, 4) is 23.0 Å². The zero-order valence-electron chi connectivity index (χ0n) is 13.7. The minimum atomic E-state index is -1.18. The third-order valence-electron chi connectivity index (χ3n) is 3.88. The van der Waals surface area contributed by atoms with Gasteiger partial charge in [0.25, 0.3) is 0 Å². The van der Waals surface area contributed by atoms with E-state index in [4.69, 9.17) is 4.74 Å². The molecular weight excluding hydrogens is 328 g/mol. The van der Waals surface area contributed by atoms with Crippen LogP contribution < -0.4 is 4.74 Å². The molecule has 0 saturated heterocycles. The number of aliphatic carboxylic acids is 1. The summed E-state index contributed by atoms with van der Waals surface area (Å²) in [5.41, 5.74) is -0.176. The first-order valence-corrected chi connectivity index (χ1v) is 7.50. The smallest absolute Gasteiger partial charge is 0.310 e. The van der Waals surface area contributed by atoms with E-state index in [1.807, 2.05) is 0 Å². The fourth-order valence-corrected chi connectivity index (χ4v) is 2.66. The molecule has 2 aromatic carbocycles. The van der Waals surface area contributed by atoms with Crippen LogP contribution in [0.5, 0.6) is 23.0 Å². The summed E-state index contributed by atoms with van der Waals surface area (Å²) in [6, 6.07) is 6.05. The molecule has 4 N–H and O–H groups in total. The van der Waals surface area contributed by atoms with Gasteiger partial charge in [0.05, 0.1) is 18.6 Å². The van der Waals surface area contributed by atoms with Gasteiger partial charge >= 0.3 is 5.97 Å². The van der Waals surface area contributed by atoms with E-state index in [1.54, 1.807) is 6.92 Å². The summed E-state index contributed by atoms with van der Waals surface area (Å²) >= 11 is 0. The van der Waals surface area contributed by atoms with E-state index in [0.717, 1.165) is 12.1 Å². The van der Waals surface area contributed by atoms with E-state index in [1.165, 1.54) is 25.3 Å². The van der Waals surface area contributed by atoms with E-state index in [-0.39, 0.29) is 40.4 Å². The minimum absolute atomic E-state index is 0.00723. The maximum atomic E-state index is 12.8. The molecule has 1 atom stereocenters. The number of phenols is 3. The summed E-state index contributed by atoms with van der Waals surface area (Å²) in [7, 11) is 1.36. The molecule has 7 nitrogen and oxygen atoms in total. The number of hydrogen-bond acceptors (Lipinski definition) is 6. The van der Waals surface area contributed by atoms with Crippen molar-refractivity contribution in [1.29, 1.82) is 0 Å². The van der Waals surface area contributed by atoms with E-state index < -0.39 is 23.4 Å². The maximum absolute atomic E-state index is 12.8. The number of carboxylic acid groups (broad SMARTS) is 1. The van der Waals surface area contributed by atoms with Gasteiger partial charge < -0.3 is 25.2 Å². The summed E-state index contributed by atoms with van der Waals surface area (Å²) in [6.07, 6.45) is 0.159. The molecule has 0 aliphatic heterocycles. The highest BCUT2D eigenvalue weighted by atomic mass is 16.5. The zero-order valence-corrected chi connectivity index (χ0v) is 13.7. The van der Waals surface area contributed by atoms with Crippen molar-refractivity contribution in [3.05, 3.63) is 47.0 Å². The molecule has 0 spiro atoms. The predicted octanol–water partition coefficient (Wildman–Crippen LogP) is 2.62. The van der Waals surface area contributed by atoms with Gasteiger partial charge in [0.1, 0.15) is 11.5 Å². The molecule has 0 fully saturated rings. The molecular formula is C18H18O7. The molecule has 0 bridgehead atoms. The molecule has 0 aromatic heterocycles. The number of carbonyl (C=O) groups is 2. The van der Waals surface area contributed by atoms with Crippen LogP contribution in [0.2, 0.25) is 0 Å². The normalized spacial score (nSPS) is 11.8. The Labute approximate surface area is 143 Å². The maximum Gasteiger partial charge on any atom is 0.310 e. The quantitative estimate of drug-likeness (QED) is 0.593. The van der Waals surface area contributed by atoms with Crippen LogP contribution in [0, 0.1) is 0 Å². The number of ketones is 1. The Hall–Kier alpha value is -3.22. The number of phenolic OH excluding ortho intramolecular Hbond substituents is 3. The Bertz CT molecular complexity index is 826. The summed E-state index contributed by atoms with van der Waals surface area (Å²) in [5, 5.41) is 39.0. The van der Waals surface area contributed by atoms with Crippen LogP contribution in [0.25, 0.3) is 0 Å². The number of hydrogen-bond donors (Lipinski definition) is 4. The van der Waals surface area contributed by atoms with Crippen LogP contribution in [0.15, 0.2) is 30.3 Å². The van der Waals surface area contributed by atoms with Gasteiger partial charge in [-0.3, -0.25) is 9.59 Å². The van der Waals surface area contributed by atoms with Gasteiger partial charge in [0.2, 0.25) is 0 Å². The lowest BCUT2D eigenvalue weighted by molar-refractivity contribution is -0.138. The molecule has 0 radical (unpaired) electrons. The molecule has 132 valence electrons. The molecule has 7 heteroatoms. The van der Waals surface area contributed by atoms with Gasteiger partial charge in [0, 0.05) is 11.6 Å². The predicted molar refractivity (Wildman–Crippen MR) is 88.5 cm³/mol. The standard InChI is InChI=1S/C18H18O7/c1-3-11(18(23)24)12-7-10(19)8-14(21)16(12)17(22)9-4-5-15(25-2)13(20)6-9/h4-8,11,19-21H,3H2,1-2H3,(H,23,24). The van der Waals surface area contributed by atoms with Crippen LogP contribution in [0.4, 0.5) is 0 Å². The van der Waals surface area contributed by atoms with Gasteiger partial charge in [-0.05, 0) is 36.2 Å². The summed E-state index contributed by atoms with van der Waals surface area (Å²) in [6.45, 7) is 1.62. The van der Waals surface area contributed by atoms with E-state index in [2.05, 4.69) is 0 Å². The average Bonchev–Trinajstić information content (AvgIpc) is 2.54. The lowest BCUT2D eigenvalue weighted by Crippen LogP contribution is -2.16. The van der Waals surface area contributed by atoms with Crippen molar-refractivity contribution < 1.29 is 34.8 Å². The second-order valence-corrected chi connectivity index (χ2v) is 5.44. The van der Waals surface area contributed by atoms with Crippen molar-refractivity contribution >= 4 is 11.8 Å². The molecule has 0 amide bonds. The molecule has 2 aromatic rings. The Morgan fingerprint density at radius 2 is 1.76 bits per heavy atom. The van der Waals surface area contributed by atoms with Crippen molar-refractivity contribution in [2.75, 3.05) is 7.11 Å². The van der Waals surface area contributed by atoms with Crippen molar-refractivity contribution in [3.63, 3.8) is 0 Å². The van der Waals surface area contributed by atoms with E-state index in [0.29, 0.717) is 0 Å². The molecule has 25 heavy (non-hydrogen) atoms. The topological polar surface area (TPSA) is 124 Å². The number of aromatic hydroxyl groups is 3. The fourth-order valence-electron chi connectivity index (χ4n) is 2.66. The minimum Gasteiger partial charge on any atom is -0.508 e. The number of ether oxygens (including phenoxy) is 1. The number of methoxy groups -OCH3 is 1. The number of carbonyl (C=O) groups excluding carboxylic acids is 1. The van der Waals surface area contributed by atoms with Crippen molar-refractivity contribution in [1.82, 2.24) is 0 Å². The second kappa shape index (κ2) is 7.12. The molecule has 2 rings (SSSR count). The summed E-state index contributed by atoms with van der Waals surface area (Å²) in [4.78, 5) is 24.3. The highest BCUT2D eigenvalue weighted by Crippen LogP contribution is 2.36. The van der Waals surface area contributed by atoms with E-state index >= 15 is 0 Å². The second-order valence-electron chi connectivity index (χ2n) is 5.44. The van der Waals surface area contributed by atoms with E-state index in [9.17, 15) is 30.0 Å². The van der Waals surface area contributed by atoms with Crippen LogP contribution in [-0.4, -0.2) is 39.3 Å². The molecule has 1 unspecified atom stereocenters. The van der Waals surface area contributed by atoms with Crippen molar-refractivity contribution in [2.45, 2.75) is 19.3 Å². The SMILES string of the molecule is CCC(C(=O)O)c1cc(O)cc(O)c1C(=O)c1ccc(OC)c(O)c1. The number of benzene rings is 2. The first-order chi connectivity index (χ1) is 11.8. The fraction of sp³-hybridized carbons (Fsp3) is 0.222. The van der Waals surface area contributed by atoms with Crippen LogP contribution in [-0.2, 0) is 4.79 Å². The first kappa shape index (κ1) is 18.1. The Kier molecular flexibility index (Phi) is 5.17. The summed E-state index contributed by atoms with van der Waals surface area (Å²) in [5.74, 6) is -3.91. The third-order valence-corrected chi connectivity index (χ3v) is 3.88. The van der Waals surface area contributed by atoms with Gasteiger partial charge in [-0.15, -0.1) is 0 Å². The highest BCUT2D eigenvalue weighted by Gasteiger charge is 2.28. The molecule has 0 saturated carbocycles. The number of rotatable bonds is 6. The Morgan fingerprint density at radius 1 is 1.08 bits per heavy atom. The highest BCUT2D eigenvalue weighted by molar-refractivity contribution is 6.12. The molecule has 0 aliphatic rings. The lowest BCUT2D eigenvalue weighted by atomic mass is 9.87. The Balaban J connectivity index is 2.63. The van der Waals surface area contributed by atoms with Gasteiger partial charge in [-0.25, -0.2) is 0 Å². The van der Waals surface area contributed by atoms with Crippen LogP contribution >= 0.6 is 0 Å². The molecule has 0 heterocycles. The monoisotopic (exact) mass is 346 g/mol.